The Morgan fingerprint density at radius 3 is 2.81 bits per heavy atom. The maximum absolute atomic E-state index is 6.40. The van der Waals surface area contributed by atoms with Gasteiger partial charge in [-0.15, -0.1) is 0 Å². The summed E-state index contributed by atoms with van der Waals surface area (Å²) in [6.07, 6.45) is 0.968. The van der Waals surface area contributed by atoms with Crippen LogP contribution in [0.15, 0.2) is 36.4 Å². The van der Waals surface area contributed by atoms with E-state index in [1.807, 2.05) is 31.3 Å². The normalized spacial score (nSPS) is 14.4. The fraction of sp³-hybridized carbons (Fsp3) is 0.294. The van der Waals surface area contributed by atoms with Crippen molar-refractivity contribution in [1.82, 2.24) is 5.32 Å². The van der Waals surface area contributed by atoms with Crippen molar-refractivity contribution < 1.29 is 9.47 Å². The lowest BCUT2D eigenvalue weighted by atomic mass is 9.96. The van der Waals surface area contributed by atoms with Gasteiger partial charge in [-0.05, 0) is 41.9 Å². The number of rotatable bonds is 4. The summed E-state index contributed by atoms with van der Waals surface area (Å²) < 4.78 is 10.8. The van der Waals surface area contributed by atoms with Gasteiger partial charge in [0, 0.05) is 11.4 Å². The largest absolute Gasteiger partial charge is 0.497 e. The summed E-state index contributed by atoms with van der Waals surface area (Å²) in [4.78, 5) is 0. The van der Waals surface area contributed by atoms with Gasteiger partial charge in [-0.3, -0.25) is 0 Å². The van der Waals surface area contributed by atoms with E-state index in [1.165, 1.54) is 11.1 Å². The molecule has 2 aromatic carbocycles. The van der Waals surface area contributed by atoms with Gasteiger partial charge in [0.25, 0.3) is 0 Å². The number of hydrogen-bond acceptors (Lipinski definition) is 3. The Bertz CT molecular complexity index is 657. The van der Waals surface area contributed by atoms with Crippen molar-refractivity contribution in [2.24, 2.45) is 0 Å². The van der Waals surface area contributed by atoms with E-state index in [4.69, 9.17) is 21.1 Å². The van der Waals surface area contributed by atoms with Crippen molar-refractivity contribution in [2.75, 3.05) is 20.8 Å². The van der Waals surface area contributed by atoms with Crippen LogP contribution in [-0.4, -0.2) is 20.8 Å². The molecule has 0 radical (unpaired) electrons. The molecule has 1 atom stereocenters. The third-order valence-electron chi connectivity index (χ3n) is 3.85. The monoisotopic (exact) mass is 303 g/mol. The summed E-state index contributed by atoms with van der Waals surface area (Å²) in [5.41, 5.74) is 3.49. The lowest BCUT2D eigenvalue weighted by Gasteiger charge is -2.19. The first-order valence-electron chi connectivity index (χ1n) is 6.99. The zero-order valence-corrected chi connectivity index (χ0v) is 12.9. The highest BCUT2D eigenvalue weighted by Gasteiger charge is 2.19. The molecule has 0 fully saturated rings. The predicted octanol–water partition coefficient (Wildman–Crippen LogP) is 3.59. The summed E-state index contributed by atoms with van der Waals surface area (Å²) in [6, 6.07) is 12.2. The molecule has 110 valence electrons. The summed E-state index contributed by atoms with van der Waals surface area (Å²) in [5, 5.41) is 4.04. The minimum atomic E-state index is 0.0503. The minimum Gasteiger partial charge on any atom is -0.497 e. The SMILES string of the molecule is CNC(c1ccc2c(c1)CCO2)c1ccc(OC)cc1Cl. The first-order valence-corrected chi connectivity index (χ1v) is 7.37. The summed E-state index contributed by atoms with van der Waals surface area (Å²) in [5.74, 6) is 1.76. The highest BCUT2D eigenvalue weighted by Crippen LogP contribution is 2.34. The maximum atomic E-state index is 6.40. The summed E-state index contributed by atoms with van der Waals surface area (Å²) >= 11 is 6.40. The Morgan fingerprint density at radius 1 is 1.24 bits per heavy atom. The van der Waals surface area contributed by atoms with E-state index >= 15 is 0 Å². The van der Waals surface area contributed by atoms with Gasteiger partial charge in [0.1, 0.15) is 11.5 Å². The molecular formula is C17H18ClNO2. The standard InChI is InChI=1S/C17H18ClNO2/c1-19-17(14-5-4-13(20-2)10-15(14)18)12-3-6-16-11(9-12)7-8-21-16/h3-6,9-10,17,19H,7-8H2,1-2H3. The molecule has 0 saturated heterocycles. The number of fused-ring (bicyclic) bond motifs is 1. The number of benzene rings is 2. The Labute approximate surface area is 129 Å². The quantitative estimate of drug-likeness (QED) is 0.936. The molecule has 0 spiro atoms. The van der Waals surface area contributed by atoms with Crippen LogP contribution < -0.4 is 14.8 Å². The first kappa shape index (κ1) is 14.2. The molecule has 1 heterocycles. The molecule has 21 heavy (non-hydrogen) atoms. The number of methoxy groups -OCH3 is 1. The molecule has 0 bridgehead atoms. The maximum Gasteiger partial charge on any atom is 0.122 e. The van der Waals surface area contributed by atoms with Gasteiger partial charge in [0.05, 0.1) is 19.8 Å². The van der Waals surface area contributed by atoms with Crippen LogP contribution in [-0.2, 0) is 6.42 Å². The van der Waals surface area contributed by atoms with Crippen molar-refractivity contribution in [3.05, 3.63) is 58.1 Å². The van der Waals surface area contributed by atoms with Gasteiger partial charge in [0.15, 0.2) is 0 Å². The molecule has 0 saturated carbocycles. The van der Waals surface area contributed by atoms with Crippen molar-refractivity contribution >= 4 is 11.6 Å². The van der Waals surface area contributed by atoms with Crippen LogP contribution in [0.5, 0.6) is 11.5 Å². The zero-order chi connectivity index (χ0) is 14.8. The fourth-order valence-corrected chi connectivity index (χ4v) is 3.04. The Hall–Kier alpha value is -1.71. The van der Waals surface area contributed by atoms with Gasteiger partial charge < -0.3 is 14.8 Å². The lowest BCUT2D eigenvalue weighted by Crippen LogP contribution is -2.18. The van der Waals surface area contributed by atoms with Gasteiger partial charge in [-0.2, -0.15) is 0 Å². The van der Waals surface area contributed by atoms with Gasteiger partial charge >= 0.3 is 0 Å². The Balaban J connectivity index is 1.98. The molecule has 1 N–H and O–H groups in total. The number of halogens is 1. The van der Waals surface area contributed by atoms with Crippen molar-refractivity contribution in [3.63, 3.8) is 0 Å². The molecule has 4 heteroatoms. The molecule has 0 aromatic heterocycles. The van der Waals surface area contributed by atoms with Crippen molar-refractivity contribution in [2.45, 2.75) is 12.5 Å². The molecule has 1 aliphatic rings. The molecule has 0 amide bonds. The highest BCUT2D eigenvalue weighted by atomic mass is 35.5. The average molecular weight is 304 g/mol. The molecule has 1 aliphatic heterocycles. The minimum absolute atomic E-state index is 0.0503. The predicted molar refractivity (Wildman–Crippen MR) is 84.5 cm³/mol. The molecule has 2 aromatic rings. The van der Waals surface area contributed by atoms with E-state index < -0.39 is 0 Å². The van der Waals surface area contributed by atoms with Crippen molar-refractivity contribution in [3.8, 4) is 11.5 Å². The third kappa shape index (κ3) is 2.71. The first-order chi connectivity index (χ1) is 10.2. The van der Waals surface area contributed by atoms with Crippen LogP contribution in [0.2, 0.25) is 5.02 Å². The Kier molecular flexibility index (Phi) is 4.04. The second-order valence-corrected chi connectivity index (χ2v) is 5.48. The van der Waals surface area contributed by atoms with E-state index in [0.717, 1.165) is 30.1 Å². The Morgan fingerprint density at radius 2 is 2.10 bits per heavy atom. The third-order valence-corrected chi connectivity index (χ3v) is 4.18. The molecule has 0 aliphatic carbocycles. The van der Waals surface area contributed by atoms with Crippen molar-refractivity contribution in [1.29, 1.82) is 0 Å². The van der Waals surface area contributed by atoms with E-state index in [1.54, 1.807) is 7.11 Å². The van der Waals surface area contributed by atoms with Gasteiger partial charge in [-0.25, -0.2) is 0 Å². The van der Waals surface area contributed by atoms with Crippen LogP contribution in [0.25, 0.3) is 0 Å². The second kappa shape index (κ2) is 5.96. The zero-order valence-electron chi connectivity index (χ0n) is 12.2. The van der Waals surface area contributed by atoms with Crippen LogP contribution >= 0.6 is 11.6 Å². The summed E-state index contributed by atoms with van der Waals surface area (Å²) in [7, 11) is 3.58. The topological polar surface area (TPSA) is 30.5 Å². The van der Waals surface area contributed by atoms with E-state index in [9.17, 15) is 0 Å². The molecule has 1 unspecified atom stereocenters. The van der Waals surface area contributed by atoms with E-state index in [2.05, 4.69) is 17.4 Å². The van der Waals surface area contributed by atoms with Crippen LogP contribution in [0, 0.1) is 0 Å². The van der Waals surface area contributed by atoms with Gasteiger partial charge in [-0.1, -0.05) is 29.8 Å². The number of nitrogens with one attached hydrogen (secondary N) is 1. The molecule has 3 rings (SSSR count). The fourth-order valence-electron chi connectivity index (χ4n) is 2.76. The van der Waals surface area contributed by atoms with Crippen LogP contribution in [0.1, 0.15) is 22.7 Å². The van der Waals surface area contributed by atoms with Crippen LogP contribution in [0.4, 0.5) is 0 Å². The molecular weight excluding hydrogens is 286 g/mol. The smallest absolute Gasteiger partial charge is 0.122 e. The van der Waals surface area contributed by atoms with E-state index in [-0.39, 0.29) is 6.04 Å². The summed E-state index contributed by atoms with van der Waals surface area (Å²) in [6.45, 7) is 0.770. The lowest BCUT2D eigenvalue weighted by molar-refractivity contribution is 0.357. The number of ether oxygens (including phenoxy) is 2. The second-order valence-electron chi connectivity index (χ2n) is 5.07. The van der Waals surface area contributed by atoms with E-state index in [0.29, 0.717) is 5.02 Å². The molecule has 3 nitrogen and oxygen atoms in total. The highest BCUT2D eigenvalue weighted by molar-refractivity contribution is 6.31. The average Bonchev–Trinajstić information content (AvgIpc) is 2.97. The van der Waals surface area contributed by atoms with Gasteiger partial charge in [0.2, 0.25) is 0 Å². The number of hydrogen-bond donors (Lipinski definition) is 1. The van der Waals surface area contributed by atoms with Crippen LogP contribution in [0.3, 0.4) is 0 Å².